The highest BCUT2D eigenvalue weighted by molar-refractivity contribution is 7.86. The van der Waals surface area contributed by atoms with Gasteiger partial charge in [-0.3, -0.25) is 9.98 Å². The molecule has 0 unspecified atom stereocenters. The molecule has 0 aromatic heterocycles. The summed E-state index contributed by atoms with van der Waals surface area (Å²) < 4.78 is 67.6. The van der Waals surface area contributed by atoms with Gasteiger partial charge in [-0.1, -0.05) is 0 Å². The third-order valence-electron chi connectivity index (χ3n) is 4.59. The Labute approximate surface area is 176 Å². The lowest BCUT2D eigenvalue weighted by Crippen LogP contribution is -2.06. The maximum Gasteiger partial charge on any atom is 0.124 e. The molecule has 0 bridgehead atoms. The lowest BCUT2D eigenvalue weighted by atomic mass is 10.1. The van der Waals surface area contributed by atoms with Crippen LogP contribution >= 0.6 is 0 Å². The molecule has 2 aromatic rings. The molecule has 0 saturated heterocycles. The minimum absolute atomic E-state index is 0.306. The van der Waals surface area contributed by atoms with Crippen molar-refractivity contribution in [2.45, 2.75) is 51.3 Å². The van der Waals surface area contributed by atoms with E-state index < -0.39 is 20.2 Å². The van der Waals surface area contributed by atoms with Gasteiger partial charge in [-0.05, 0) is 88.1 Å². The topological polar surface area (TPSA) is 139 Å². The quantitative estimate of drug-likeness (QED) is 0.503. The van der Waals surface area contributed by atoms with E-state index in [9.17, 15) is 25.9 Å². The molecule has 0 radical (unpaired) electrons. The predicted molar refractivity (Wildman–Crippen MR) is 113 cm³/mol. The van der Waals surface area contributed by atoms with Crippen LogP contribution in [0.4, 0.5) is 11.4 Å². The summed E-state index contributed by atoms with van der Waals surface area (Å²) in [5.41, 5.74) is 4.33. The van der Waals surface area contributed by atoms with Crippen LogP contribution in [-0.2, 0) is 20.2 Å². The molecule has 0 amide bonds. The van der Waals surface area contributed by atoms with Crippen LogP contribution in [-0.4, -0.2) is 37.4 Å². The first-order valence-corrected chi connectivity index (χ1v) is 11.7. The van der Waals surface area contributed by atoms with E-state index >= 15 is 0 Å². The smallest absolute Gasteiger partial charge is 0.124 e. The summed E-state index contributed by atoms with van der Waals surface area (Å²) in [4.78, 5) is 8.46. The number of aryl methyl sites for hydroxylation is 4. The average Bonchev–Trinajstić information content (AvgIpc) is 2.58. The largest absolute Gasteiger partial charge is 0.744 e. The Morgan fingerprint density at radius 1 is 0.633 bits per heavy atom. The molecule has 162 valence electrons. The summed E-state index contributed by atoms with van der Waals surface area (Å²) in [6.07, 6.45) is 0. The highest BCUT2D eigenvalue weighted by Gasteiger charge is 2.12. The fourth-order valence-electron chi connectivity index (χ4n) is 2.97. The normalized spacial score (nSPS) is 13.6. The molecule has 30 heavy (non-hydrogen) atoms. The standard InChI is InChI=1S/C20H24N2O6S2/c1-11-7-17(29(23,24)25)8-12(2)19(11)21-15(5)16(6)22-20-13(3)9-18(10-14(20)4)30(26,27)28/h7-10H,1-6H3,(H,23,24,25)(H,26,27,28)/p-2. The van der Waals surface area contributed by atoms with Crippen molar-refractivity contribution >= 4 is 43.0 Å². The third-order valence-corrected chi connectivity index (χ3v) is 6.22. The molecule has 0 atom stereocenters. The van der Waals surface area contributed by atoms with Gasteiger partial charge in [-0.25, -0.2) is 16.8 Å². The van der Waals surface area contributed by atoms with Crippen molar-refractivity contribution in [3.63, 3.8) is 0 Å². The Kier molecular flexibility index (Phi) is 6.67. The van der Waals surface area contributed by atoms with E-state index in [4.69, 9.17) is 0 Å². The van der Waals surface area contributed by atoms with Crippen LogP contribution in [0.1, 0.15) is 36.1 Å². The zero-order valence-electron chi connectivity index (χ0n) is 17.5. The van der Waals surface area contributed by atoms with E-state index in [-0.39, 0.29) is 9.79 Å². The second kappa shape index (κ2) is 8.38. The van der Waals surface area contributed by atoms with Gasteiger partial charge in [-0.2, -0.15) is 0 Å². The Morgan fingerprint density at radius 3 is 1.07 bits per heavy atom. The number of hydrogen-bond donors (Lipinski definition) is 0. The molecule has 0 aliphatic heterocycles. The van der Waals surface area contributed by atoms with Gasteiger partial charge in [0.1, 0.15) is 20.2 Å². The molecule has 0 aliphatic rings. The van der Waals surface area contributed by atoms with Gasteiger partial charge in [0, 0.05) is 0 Å². The summed E-state index contributed by atoms with van der Waals surface area (Å²) >= 11 is 0. The summed E-state index contributed by atoms with van der Waals surface area (Å²) in [6, 6.07) is 5.13. The van der Waals surface area contributed by atoms with Crippen LogP contribution in [0.2, 0.25) is 0 Å². The van der Waals surface area contributed by atoms with Gasteiger partial charge in [0.2, 0.25) is 0 Å². The Morgan fingerprint density at radius 2 is 0.867 bits per heavy atom. The van der Waals surface area contributed by atoms with E-state index in [1.807, 2.05) is 0 Å². The van der Waals surface area contributed by atoms with E-state index in [2.05, 4.69) is 9.98 Å². The van der Waals surface area contributed by atoms with Gasteiger partial charge < -0.3 is 9.11 Å². The molecule has 0 fully saturated rings. The Balaban J connectivity index is 2.51. The van der Waals surface area contributed by atoms with Crippen molar-refractivity contribution in [2.24, 2.45) is 9.98 Å². The fourth-order valence-corrected chi connectivity index (χ4v) is 4.26. The van der Waals surface area contributed by atoms with Gasteiger partial charge in [-0.15, -0.1) is 0 Å². The van der Waals surface area contributed by atoms with Crippen LogP contribution in [0.3, 0.4) is 0 Å². The van der Waals surface area contributed by atoms with Gasteiger partial charge in [0.25, 0.3) is 0 Å². The van der Waals surface area contributed by atoms with Crippen LogP contribution < -0.4 is 0 Å². The number of hydrogen-bond acceptors (Lipinski definition) is 8. The molecular formula is C20H22N2O6S2-2. The molecule has 0 saturated carbocycles. The summed E-state index contributed by atoms with van der Waals surface area (Å²) in [5.74, 6) is 0. The zero-order chi connectivity index (χ0) is 23.0. The highest BCUT2D eigenvalue weighted by atomic mass is 32.2. The number of rotatable bonds is 5. The van der Waals surface area contributed by atoms with E-state index in [0.717, 1.165) is 0 Å². The molecule has 0 heterocycles. The maximum atomic E-state index is 11.3. The van der Waals surface area contributed by atoms with Crippen LogP contribution in [0.5, 0.6) is 0 Å². The van der Waals surface area contributed by atoms with Crippen molar-refractivity contribution in [1.82, 2.24) is 0 Å². The number of aliphatic imine (C=N–C) groups is 2. The Hall–Kier alpha value is -2.40. The predicted octanol–water partition coefficient (Wildman–Crippen LogP) is 3.61. The molecular weight excluding hydrogens is 428 g/mol. The van der Waals surface area contributed by atoms with E-state index in [1.54, 1.807) is 41.5 Å². The minimum Gasteiger partial charge on any atom is -0.744 e. The van der Waals surface area contributed by atoms with E-state index in [0.29, 0.717) is 45.1 Å². The first-order valence-electron chi connectivity index (χ1n) is 8.86. The van der Waals surface area contributed by atoms with E-state index in [1.165, 1.54) is 24.3 Å². The Bertz CT molecular complexity index is 1140. The summed E-state index contributed by atoms with van der Waals surface area (Å²) in [5, 5.41) is 0. The average molecular weight is 451 g/mol. The van der Waals surface area contributed by atoms with Crippen LogP contribution in [0, 0.1) is 27.7 Å². The van der Waals surface area contributed by atoms with Gasteiger partial charge in [0.15, 0.2) is 0 Å². The molecule has 10 heteroatoms. The van der Waals surface area contributed by atoms with Crippen LogP contribution in [0.15, 0.2) is 44.0 Å². The summed E-state index contributed by atoms with van der Waals surface area (Å²) in [7, 11) is -9.12. The molecule has 2 rings (SSSR count). The number of benzene rings is 2. The lowest BCUT2D eigenvalue weighted by molar-refractivity contribution is 0.460. The fraction of sp³-hybridized carbons (Fsp3) is 0.300. The second-order valence-corrected chi connectivity index (χ2v) is 9.87. The van der Waals surface area contributed by atoms with Crippen molar-refractivity contribution in [3.8, 4) is 0 Å². The molecule has 0 N–H and O–H groups in total. The second-order valence-electron chi connectivity index (χ2n) is 7.11. The van der Waals surface area contributed by atoms with Gasteiger partial charge in [0.05, 0.1) is 32.6 Å². The highest BCUT2D eigenvalue weighted by Crippen LogP contribution is 2.29. The van der Waals surface area contributed by atoms with Crippen molar-refractivity contribution in [2.75, 3.05) is 0 Å². The zero-order valence-corrected chi connectivity index (χ0v) is 19.1. The third kappa shape index (κ3) is 5.39. The van der Waals surface area contributed by atoms with Crippen molar-refractivity contribution in [1.29, 1.82) is 0 Å². The first kappa shape index (κ1) is 23.9. The maximum absolute atomic E-state index is 11.3. The number of nitrogens with zero attached hydrogens (tertiary/aromatic N) is 2. The first-order chi connectivity index (χ1) is 13.6. The summed E-state index contributed by atoms with van der Waals surface area (Å²) in [6.45, 7) is 10.1. The molecule has 8 nitrogen and oxygen atoms in total. The minimum atomic E-state index is -4.56. The van der Waals surface area contributed by atoms with Crippen molar-refractivity contribution < 1.29 is 25.9 Å². The van der Waals surface area contributed by atoms with Gasteiger partial charge >= 0.3 is 0 Å². The monoisotopic (exact) mass is 450 g/mol. The lowest BCUT2D eigenvalue weighted by Gasteiger charge is -2.14. The molecule has 0 aliphatic carbocycles. The SMILES string of the molecule is CC(=Nc1c(C)cc(S(=O)(=O)[O-])cc1C)C(C)=Nc1c(C)cc(S(=O)(=O)[O-])cc1C. The van der Waals surface area contributed by atoms with Crippen LogP contribution in [0.25, 0.3) is 0 Å². The van der Waals surface area contributed by atoms with Crippen molar-refractivity contribution in [3.05, 3.63) is 46.5 Å². The molecule has 2 aromatic carbocycles. The molecule has 0 spiro atoms.